The van der Waals surface area contributed by atoms with Crippen LogP contribution in [0.5, 0.6) is 0 Å². The van der Waals surface area contributed by atoms with Gasteiger partial charge >= 0.3 is 0 Å². The van der Waals surface area contributed by atoms with E-state index in [0.717, 1.165) is 35.3 Å². The molecule has 130 valence electrons. The molecule has 2 aromatic rings. The van der Waals surface area contributed by atoms with E-state index >= 15 is 0 Å². The fourth-order valence-electron chi connectivity index (χ4n) is 2.75. The number of fused-ring (bicyclic) bond motifs is 3. The van der Waals surface area contributed by atoms with Crippen molar-refractivity contribution in [1.82, 2.24) is 20.0 Å². The molecule has 3 heterocycles. The molecule has 0 bridgehead atoms. The van der Waals surface area contributed by atoms with Crippen LogP contribution < -0.4 is 4.90 Å². The molecule has 6 nitrogen and oxygen atoms in total. The topological polar surface area (TPSA) is 56.1 Å². The van der Waals surface area contributed by atoms with Crippen molar-refractivity contribution >= 4 is 25.4 Å². The summed E-state index contributed by atoms with van der Waals surface area (Å²) in [5.41, 5.74) is 3.69. The molecule has 0 saturated carbocycles. The number of pyridine rings is 1. The molecular formula is C16H24ClN5OSi. The second kappa shape index (κ2) is 6.46. The van der Waals surface area contributed by atoms with E-state index < -0.39 is 8.07 Å². The number of hydrogen-bond donors (Lipinski definition) is 0. The Morgan fingerprint density at radius 3 is 2.75 bits per heavy atom. The Labute approximate surface area is 148 Å². The Kier molecular flexibility index (Phi) is 4.68. The van der Waals surface area contributed by atoms with E-state index in [-0.39, 0.29) is 6.04 Å². The predicted molar refractivity (Wildman–Crippen MR) is 99.2 cm³/mol. The summed E-state index contributed by atoms with van der Waals surface area (Å²) in [6, 6.07) is 3.16. The summed E-state index contributed by atoms with van der Waals surface area (Å²) in [5, 5.41) is 9.76. The molecule has 1 atom stereocenters. The van der Waals surface area contributed by atoms with Gasteiger partial charge in [-0.25, -0.2) is 4.98 Å². The van der Waals surface area contributed by atoms with Crippen LogP contribution in [-0.4, -0.2) is 41.7 Å². The first-order chi connectivity index (χ1) is 11.3. The maximum absolute atomic E-state index is 6.29. The summed E-state index contributed by atoms with van der Waals surface area (Å²) in [7, 11) is 0.921. The molecule has 0 aromatic carbocycles. The van der Waals surface area contributed by atoms with E-state index in [9.17, 15) is 0 Å². The van der Waals surface area contributed by atoms with Crippen molar-refractivity contribution in [3.8, 4) is 11.3 Å². The van der Waals surface area contributed by atoms with Crippen molar-refractivity contribution in [3.05, 3.63) is 23.1 Å². The Bertz CT molecular complexity index is 743. The molecule has 0 amide bonds. The predicted octanol–water partition coefficient (Wildman–Crippen LogP) is 3.82. The van der Waals surface area contributed by atoms with E-state index in [2.05, 4.69) is 46.6 Å². The zero-order valence-electron chi connectivity index (χ0n) is 14.9. The van der Waals surface area contributed by atoms with Gasteiger partial charge in [0.15, 0.2) is 11.9 Å². The summed E-state index contributed by atoms with van der Waals surface area (Å²) in [5.74, 6) is 0. The highest BCUT2D eigenvalue weighted by molar-refractivity contribution is 6.76. The first kappa shape index (κ1) is 17.4. The van der Waals surface area contributed by atoms with Crippen LogP contribution in [0.3, 0.4) is 0 Å². The SMILES string of the molecule is CC1c2nn(COCC[Si](C)(C)C)nc2-c2ccnc(Cl)c2N1C. The van der Waals surface area contributed by atoms with Crippen LogP contribution in [0, 0.1) is 0 Å². The van der Waals surface area contributed by atoms with E-state index in [1.807, 2.05) is 13.1 Å². The van der Waals surface area contributed by atoms with Gasteiger partial charge in [-0.1, -0.05) is 31.2 Å². The van der Waals surface area contributed by atoms with Crippen LogP contribution in [0.1, 0.15) is 18.7 Å². The second-order valence-electron chi connectivity index (χ2n) is 7.44. The third kappa shape index (κ3) is 3.33. The fourth-order valence-corrected chi connectivity index (χ4v) is 3.80. The van der Waals surface area contributed by atoms with Gasteiger partial charge < -0.3 is 9.64 Å². The van der Waals surface area contributed by atoms with Gasteiger partial charge in [0, 0.05) is 33.5 Å². The second-order valence-corrected chi connectivity index (χ2v) is 13.4. The summed E-state index contributed by atoms with van der Waals surface area (Å²) in [6.45, 7) is 10.2. The number of hydrogen-bond acceptors (Lipinski definition) is 5. The monoisotopic (exact) mass is 365 g/mol. The molecule has 8 heteroatoms. The maximum Gasteiger partial charge on any atom is 0.158 e. The van der Waals surface area contributed by atoms with Crippen LogP contribution in [0.25, 0.3) is 11.3 Å². The third-order valence-electron chi connectivity index (χ3n) is 4.35. The molecule has 2 aromatic heterocycles. The average molecular weight is 366 g/mol. The molecule has 3 rings (SSSR count). The molecule has 24 heavy (non-hydrogen) atoms. The first-order valence-electron chi connectivity index (χ1n) is 8.18. The van der Waals surface area contributed by atoms with E-state index in [0.29, 0.717) is 11.9 Å². The highest BCUT2D eigenvalue weighted by Crippen LogP contribution is 2.44. The normalized spacial score (nSPS) is 16.9. The largest absolute Gasteiger partial charge is 0.363 e. The van der Waals surface area contributed by atoms with Crippen molar-refractivity contribution in [1.29, 1.82) is 0 Å². The number of anilines is 1. The van der Waals surface area contributed by atoms with Gasteiger partial charge in [0.1, 0.15) is 11.4 Å². The van der Waals surface area contributed by atoms with Crippen LogP contribution in [0.15, 0.2) is 12.3 Å². The molecule has 0 aliphatic carbocycles. The number of nitrogens with zero attached hydrogens (tertiary/aromatic N) is 5. The molecule has 0 fully saturated rings. The lowest BCUT2D eigenvalue weighted by Gasteiger charge is -2.32. The Morgan fingerprint density at radius 1 is 1.29 bits per heavy atom. The molecule has 1 aliphatic heterocycles. The highest BCUT2D eigenvalue weighted by atomic mass is 35.5. The molecule has 0 N–H and O–H groups in total. The molecule has 0 radical (unpaired) electrons. The van der Waals surface area contributed by atoms with Gasteiger partial charge in [-0.05, 0) is 19.0 Å². The van der Waals surface area contributed by atoms with Crippen molar-refractivity contribution in [2.24, 2.45) is 0 Å². The van der Waals surface area contributed by atoms with Crippen molar-refractivity contribution in [3.63, 3.8) is 0 Å². The van der Waals surface area contributed by atoms with Crippen LogP contribution in [0.4, 0.5) is 5.69 Å². The summed E-state index contributed by atoms with van der Waals surface area (Å²) in [6.07, 6.45) is 1.71. The minimum atomic E-state index is -1.08. The fraction of sp³-hybridized carbons (Fsp3) is 0.562. The minimum absolute atomic E-state index is 0.0879. The van der Waals surface area contributed by atoms with Crippen molar-refractivity contribution < 1.29 is 4.74 Å². The lowest BCUT2D eigenvalue weighted by Crippen LogP contribution is -2.27. The molecule has 0 spiro atoms. The van der Waals surface area contributed by atoms with Crippen molar-refractivity contribution in [2.75, 3.05) is 18.6 Å². The number of halogens is 1. The maximum atomic E-state index is 6.29. The van der Waals surface area contributed by atoms with Gasteiger partial charge in [-0.2, -0.15) is 15.0 Å². The Hall–Kier alpha value is -1.44. The molecule has 1 aliphatic rings. The summed E-state index contributed by atoms with van der Waals surface area (Å²) >= 11 is 6.29. The van der Waals surface area contributed by atoms with Crippen LogP contribution in [0.2, 0.25) is 30.8 Å². The van der Waals surface area contributed by atoms with E-state index in [1.54, 1.807) is 11.0 Å². The molecule has 1 unspecified atom stereocenters. The van der Waals surface area contributed by atoms with Gasteiger partial charge in [-0.3, -0.25) is 0 Å². The average Bonchev–Trinajstić information content (AvgIpc) is 2.93. The zero-order chi connectivity index (χ0) is 17.5. The van der Waals surface area contributed by atoms with Crippen molar-refractivity contribution in [2.45, 2.75) is 45.4 Å². The van der Waals surface area contributed by atoms with Gasteiger partial charge in [0.05, 0.1) is 11.7 Å². The van der Waals surface area contributed by atoms with Crippen LogP contribution >= 0.6 is 11.6 Å². The Balaban J connectivity index is 1.82. The first-order valence-corrected chi connectivity index (χ1v) is 12.3. The summed E-state index contributed by atoms with van der Waals surface area (Å²) < 4.78 is 5.77. The highest BCUT2D eigenvalue weighted by Gasteiger charge is 2.32. The quantitative estimate of drug-likeness (QED) is 0.458. The zero-order valence-corrected chi connectivity index (χ0v) is 16.6. The lowest BCUT2D eigenvalue weighted by atomic mass is 9.99. The molecular weight excluding hydrogens is 342 g/mol. The van der Waals surface area contributed by atoms with Gasteiger partial charge in [-0.15, -0.1) is 0 Å². The number of ether oxygens (including phenoxy) is 1. The van der Waals surface area contributed by atoms with Crippen LogP contribution in [-0.2, 0) is 11.5 Å². The third-order valence-corrected chi connectivity index (χ3v) is 6.33. The van der Waals surface area contributed by atoms with Gasteiger partial charge in [0.2, 0.25) is 0 Å². The number of rotatable bonds is 5. The standard InChI is InChI=1S/C16H24ClN5OSi/c1-11-13-14(12-6-7-18-16(17)15(12)21(11)2)20-22(19-13)10-23-8-9-24(3,4)5/h6-7,11H,8-10H2,1-5H3. The minimum Gasteiger partial charge on any atom is -0.363 e. The lowest BCUT2D eigenvalue weighted by molar-refractivity contribution is 0.0683. The smallest absolute Gasteiger partial charge is 0.158 e. The van der Waals surface area contributed by atoms with E-state index in [1.165, 1.54) is 0 Å². The van der Waals surface area contributed by atoms with Gasteiger partial charge in [0.25, 0.3) is 0 Å². The molecule has 0 saturated heterocycles. The van der Waals surface area contributed by atoms with E-state index in [4.69, 9.17) is 16.3 Å². The number of aromatic nitrogens is 4. The summed E-state index contributed by atoms with van der Waals surface area (Å²) in [4.78, 5) is 7.93. The Morgan fingerprint density at radius 2 is 2.04 bits per heavy atom.